The second-order valence-corrected chi connectivity index (χ2v) is 4.55. The Bertz CT molecular complexity index is 328. The molecule has 0 amide bonds. The highest BCUT2D eigenvalue weighted by molar-refractivity contribution is 5.18. The van der Waals surface area contributed by atoms with Crippen LogP contribution in [0.4, 0.5) is 0 Å². The molecule has 3 heteroatoms. The van der Waals surface area contributed by atoms with Crippen molar-refractivity contribution >= 4 is 0 Å². The first-order chi connectivity index (χ1) is 7.27. The van der Waals surface area contributed by atoms with E-state index in [9.17, 15) is 5.11 Å². The average Bonchev–Trinajstić information content (AvgIpc) is 3.00. The first kappa shape index (κ1) is 10.7. The predicted molar refractivity (Wildman–Crippen MR) is 59.6 cm³/mol. The fourth-order valence-electron chi connectivity index (χ4n) is 2.20. The Morgan fingerprint density at radius 2 is 2.33 bits per heavy atom. The van der Waals surface area contributed by atoms with Gasteiger partial charge in [-0.05, 0) is 32.1 Å². The Hall–Kier alpha value is -0.830. The number of hydrogen-bond donors (Lipinski definition) is 1. The molecule has 2 rings (SSSR count). The lowest BCUT2D eigenvalue weighted by Crippen LogP contribution is -2.13. The number of aromatic nitrogens is 2. The van der Waals surface area contributed by atoms with Crippen molar-refractivity contribution < 1.29 is 5.11 Å². The van der Waals surface area contributed by atoms with Crippen LogP contribution in [0.5, 0.6) is 0 Å². The topological polar surface area (TPSA) is 38.1 Å². The van der Waals surface area contributed by atoms with Crippen LogP contribution in [0.15, 0.2) is 6.20 Å². The first-order valence-electron chi connectivity index (χ1n) is 5.94. The molecule has 1 aliphatic carbocycles. The Morgan fingerprint density at radius 1 is 1.60 bits per heavy atom. The monoisotopic (exact) mass is 208 g/mol. The summed E-state index contributed by atoms with van der Waals surface area (Å²) in [6, 6.07) is 0.506. The van der Waals surface area contributed by atoms with Gasteiger partial charge in [0.2, 0.25) is 0 Å². The molecule has 3 nitrogen and oxygen atoms in total. The summed E-state index contributed by atoms with van der Waals surface area (Å²) in [6.45, 7) is 4.53. The minimum atomic E-state index is 0.118. The van der Waals surface area contributed by atoms with Crippen molar-refractivity contribution in [3.05, 3.63) is 17.5 Å². The third-order valence-electron chi connectivity index (χ3n) is 3.33. The minimum absolute atomic E-state index is 0.118. The standard InChI is InChI=1S/C12H20N2O/c1-3-4-12-11(8-15)7-13-14(12)9(2)10-5-6-10/h7,9-10,15H,3-6,8H2,1-2H3. The zero-order chi connectivity index (χ0) is 10.8. The van der Waals surface area contributed by atoms with Gasteiger partial charge in [0.15, 0.2) is 0 Å². The summed E-state index contributed by atoms with van der Waals surface area (Å²) in [5.41, 5.74) is 2.24. The van der Waals surface area contributed by atoms with Crippen LogP contribution in [0.2, 0.25) is 0 Å². The van der Waals surface area contributed by atoms with E-state index < -0.39 is 0 Å². The quantitative estimate of drug-likeness (QED) is 0.806. The van der Waals surface area contributed by atoms with E-state index in [1.807, 2.05) is 6.20 Å². The molecule has 1 aliphatic rings. The molecule has 15 heavy (non-hydrogen) atoms. The molecule has 0 spiro atoms. The molecule has 1 fully saturated rings. The molecule has 0 aliphatic heterocycles. The van der Waals surface area contributed by atoms with Crippen molar-refractivity contribution in [3.8, 4) is 0 Å². The molecule has 1 aromatic rings. The number of hydrogen-bond acceptors (Lipinski definition) is 2. The van der Waals surface area contributed by atoms with Gasteiger partial charge < -0.3 is 5.11 Å². The van der Waals surface area contributed by atoms with Crippen LogP contribution in [-0.2, 0) is 13.0 Å². The van der Waals surface area contributed by atoms with Crippen LogP contribution in [0.1, 0.15) is 50.4 Å². The number of nitrogens with zero attached hydrogens (tertiary/aromatic N) is 2. The number of aliphatic hydroxyl groups is 1. The highest BCUT2D eigenvalue weighted by Crippen LogP contribution is 2.39. The van der Waals surface area contributed by atoms with E-state index in [0.717, 1.165) is 24.3 Å². The van der Waals surface area contributed by atoms with Crippen LogP contribution < -0.4 is 0 Å². The van der Waals surface area contributed by atoms with Gasteiger partial charge in [0.1, 0.15) is 0 Å². The molecule has 0 saturated heterocycles. The molecular weight excluding hydrogens is 188 g/mol. The van der Waals surface area contributed by atoms with Crippen LogP contribution in [-0.4, -0.2) is 14.9 Å². The van der Waals surface area contributed by atoms with Gasteiger partial charge in [0.25, 0.3) is 0 Å². The summed E-state index contributed by atoms with van der Waals surface area (Å²) in [6.07, 6.45) is 6.62. The lowest BCUT2D eigenvalue weighted by molar-refractivity contribution is 0.279. The van der Waals surface area contributed by atoms with Crippen molar-refractivity contribution in [2.24, 2.45) is 5.92 Å². The van der Waals surface area contributed by atoms with Gasteiger partial charge in [-0.3, -0.25) is 4.68 Å². The van der Waals surface area contributed by atoms with Crippen LogP contribution >= 0.6 is 0 Å². The lowest BCUT2D eigenvalue weighted by Gasteiger charge is -2.15. The highest BCUT2D eigenvalue weighted by Gasteiger charge is 2.30. The summed E-state index contributed by atoms with van der Waals surface area (Å²) in [4.78, 5) is 0. The van der Waals surface area contributed by atoms with Gasteiger partial charge in [0.05, 0.1) is 18.8 Å². The molecular formula is C12H20N2O. The fourth-order valence-corrected chi connectivity index (χ4v) is 2.20. The normalized spacial score (nSPS) is 18.1. The van der Waals surface area contributed by atoms with E-state index in [4.69, 9.17) is 0 Å². The van der Waals surface area contributed by atoms with E-state index in [1.165, 1.54) is 18.5 Å². The summed E-state index contributed by atoms with van der Waals surface area (Å²) in [5.74, 6) is 0.812. The molecule has 1 N–H and O–H groups in total. The van der Waals surface area contributed by atoms with Crippen LogP contribution in [0.3, 0.4) is 0 Å². The van der Waals surface area contributed by atoms with Gasteiger partial charge in [-0.15, -0.1) is 0 Å². The third kappa shape index (κ3) is 2.07. The maximum absolute atomic E-state index is 9.24. The average molecular weight is 208 g/mol. The summed E-state index contributed by atoms with van der Waals surface area (Å²) >= 11 is 0. The SMILES string of the molecule is CCCc1c(CO)cnn1C(C)C1CC1. The van der Waals surface area contributed by atoms with E-state index in [-0.39, 0.29) is 6.61 Å². The Labute approximate surface area is 91.1 Å². The van der Waals surface area contributed by atoms with Gasteiger partial charge in [-0.25, -0.2) is 0 Å². The molecule has 1 unspecified atom stereocenters. The molecule has 0 bridgehead atoms. The van der Waals surface area contributed by atoms with Crippen molar-refractivity contribution in [1.82, 2.24) is 9.78 Å². The molecule has 1 saturated carbocycles. The molecule has 0 aromatic carbocycles. The van der Waals surface area contributed by atoms with Crippen molar-refractivity contribution in [1.29, 1.82) is 0 Å². The first-order valence-corrected chi connectivity index (χ1v) is 5.94. The zero-order valence-electron chi connectivity index (χ0n) is 9.61. The number of rotatable bonds is 5. The summed E-state index contributed by atoms with van der Waals surface area (Å²) in [5, 5.41) is 13.7. The largest absolute Gasteiger partial charge is 0.392 e. The smallest absolute Gasteiger partial charge is 0.0715 e. The molecule has 1 atom stereocenters. The van der Waals surface area contributed by atoms with Crippen molar-refractivity contribution in [2.75, 3.05) is 0 Å². The minimum Gasteiger partial charge on any atom is -0.392 e. The Kier molecular flexibility index (Phi) is 3.10. The van der Waals surface area contributed by atoms with E-state index in [2.05, 4.69) is 23.6 Å². The van der Waals surface area contributed by atoms with Crippen molar-refractivity contribution in [2.45, 2.75) is 52.2 Å². The predicted octanol–water partition coefficient (Wildman–Crippen LogP) is 2.30. The Balaban J connectivity index is 2.24. The van der Waals surface area contributed by atoms with Crippen molar-refractivity contribution in [3.63, 3.8) is 0 Å². The maximum atomic E-state index is 9.24. The van der Waals surface area contributed by atoms with E-state index >= 15 is 0 Å². The lowest BCUT2D eigenvalue weighted by atomic mass is 10.1. The van der Waals surface area contributed by atoms with Gasteiger partial charge in [0, 0.05) is 11.3 Å². The maximum Gasteiger partial charge on any atom is 0.0715 e. The molecule has 0 radical (unpaired) electrons. The summed E-state index contributed by atoms with van der Waals surface area (Å²) < 4.78 is 2.13. The molecule has 84 valence electrons. The van der Waals surface area contributed by atoms with Crippen LogP contribution in [0, 0.1) is 5.92 Å². The second-order valence-electron chi connectivity index (χ2n) is 4.55. The van der Waals surface area contributed by atoms with Gasteiger partial charge in [-0.2, -0.15) is 5.10 Å². The van der Waals surface area contributed by atoms with Gasteiger partial charge >= 0.3 is 0 Å². The van der Waals surface area contributed by atoms with Crippen LogP contribution in [0.25, 0.3) is 0 Å². The zero-order valence-corrected chi connectivity index (χ0v) is 9.61. The van der Waals surface area contributed by atoms with E-state index in [1.54, 1.807) is 0 Å². The fraction of sp³-hybridized carbons (Fsp3) is 0.750. The number of aliphatic hydroxyl groups excluding tert-OH is 1. The Morgan fingerprint density at radius 3 is 2.87 bits per heavy atom. The van der Waals surface area contributed by atoms with Gasteiger partial charge in [-0.1, -0.05) is 13.3 Å². The third-order valence-corrected chi connectivity index (χ3v) is 3.33. The second kappa shape index (κ2) is 4.35. The van der Waals surface area contributed by atoms with E-state index in [0.29, 0.717) is 6.04 Å². The molecule has 1 heterocycles. The molecule has 1 aromatic heterocycles. The summed E-state index contributed by atoms with van der Waals surface area (Å²) in [7, 11) is 0. The highest BCUT2D eigenvalue weighted by atomic mass is 16.3.